The standard InChI is InChI=1S/C20H24O6/c1-24-19-13-15(6-7-16(19)23)17(9-11-22)26-18-8-5-14(4-3-10-21)12-20(18)25-2/h5-9,12-13,21-23H,3-4,10-11H2,1-2H3. The molecular formula is C20H24O6. The van der Waals surface area contributed by atoms with E-state index in [-0.39, 0.29) is 19.0 Å². The highest BCUT2D eigenvalue weighted by molar-refractivity contribution is 5.66. The maximum atomic E-state index is 9.75. The third-order valence-corrected chi connectivity index (χ3v) is 3.81. The molecule has 140 valence electrons. The third-order valence-electron chi connectivity index (χ3n) is 3.81. The molecule has 0 atom stereocenters. The van der Waals surface area contributed by atoms with E-state index in [0.717, 1.165) is 12.0 Å². The average Bonchev–Trinajstić information content (AvgIpc) is 2.67. The van der Waals surface area contributed by atoms with Crippen LogP contribution in [0, 0.1) is 0 Å². The Hall–Kier alpha value is -2.70. The van der Waals surface area contributed by atoms with E-state index in [9.17, 15) is 10.2 Å². The minimum Gasteiger partial charge on any atom is -0.504 e. The number of methoxy groups -OCH3 is 2. The molecule has 0 aliphatic rings. The van der Waals surface area contributed by atoms with Crippen molar-refractivity contribution in [3.05, 3.63) is 53.6 Å². The van der Waals surface area contributed by atoms with E-state index in [2.05, 4.69) is 0 Å². The molecule has 0 aliphatic heterocycles. The number of aromatic hydroxyl groups is 1. The SMILES string of the molecule is COc1cc(C(=CCO)Oc2ccc(CCCO)cc2OC)ccc1O. The lowest BCUT2D eigenvalue weighted by Crippen LogP contribution is -2.00. The van der Waals surface area contributed by atoms with Gasteiger partial charge in [-0.05, 0) is 54.8 Å². The Kier molecular flexibility index (Phi) is 7.32. The number of phenols is 1. The molecule has 0 fully saturated rings. The number of hydrogen-bond donors (Lipinski definition) is 3. The lowest BCUT2D eigenvalue weighted by Gasteiger charge is -2.15. The zero-order valence-corrected chi connectivity index (χ0v) is 14.9. The molecule has 0 heterocycles. The second-order valence-corrected chi connectivity index (χ2v) is 5.55. The molecule has 0 unspecified atom stereocenters. The lowest BCUT2D eigenvalue weighted by molar-refractivity contribution is 0.288. The molecule has 0 amide bonds. The molecule has 2 rings (SSSR count). The van der Waals surface area contributed by atoms with Gasteiger partial charge in [0.05, 0.1) is 20.8 Å². The van der Waals surface area contributed by atoms with E-state index in [0.29, 0.717) is 35.0 Å². The topological polar surface area (TPSA) is 88.4 Å². The normalized spacial score (nSPS) is 11.3. The van der Waals surface area contributed by atoms with Crippen LogP contribution >= 0.6 is 0 Å². The van der Waals surface area contributed by atoms with Gasteiger partial charge in [-0.25, -0.2) is 0 Å². The van der Waals surface area contributed by atoms with Gasteiger partial charge in [0.25, 0.3) is 0 Å². The number of aryl methyl sites for hydroxylation is 1. The van der Waals surface area contributed by atoms with Gasteiger partial charge >= 0.3 is 0 Å². The number of rotatable bonds is 9. The molecule has 0 saturated carbocycles. The molecule has 2 aromatic rings. The number of aliphatic hydroxyl groups excluding tert-OH is 2. The van der Waals surface area contributed by atoms with Gasteiger partial charge in [0, 0.05) is 12.2 Å². The predicted octanol–water partition coefficient (Wildman–Crippen LogP) is 2.75. The van der Waals surface area contributed by atoms with E-state index in [1.165, 1.54) is 19.3 Å². The van der Waals surface area contributed by atoms with Crippen molar-refractivity contribution < 1.29 is 29.5 Å². The van der Waals surface area contributed by atoms with Crippen molar-refractivity contribution in [2.75, 3.05) is 27.4 Å². The van der Waals surface area contributed by atoms with Crippen LogP contribution < -0.4 is 14.2 Å². The van der Waals surface area contributed by atoms with Crippen LogP contribution in [0.5, 0.6) is 23.0 Å². The maximum absolute atomic E-state index is 9.75. The molecule has 3 N–H and O–H groups in total. The summed E-state index contributed by atoms with van der Waals surface area (Å²) < 4.78 is 16.5. The van der Waals surface area contributed by atoms with Crippen molar-refractivity contribution in [3.63, 3.8) is 0 Å². The Morgan fingerprint density at radius 3 is 2.38 bits per heavy atom. The van der Waals surface area contributed by atoms with Gasteiger partial charge < -0.3 is 29.5 Å². The van der Waals surface area contributed by atoms with E-state index >= 15 is 0 Å². The fraction of sp³-hybridized carbons (Fsp3) is 0.300. The fourth-order valence-electron chi connectivity index (χ4n) is 2.49. The summed E-state index contributed by atoms with van der Waals surface area (Å²) in [5.41, 5.74) is 1.67. The number of hydrogen-bond acceptors (Lipinski definition) is 6. The second-order valence-electron chi connectivity index (χ2n) is 5.55. The zero-order chi connectivity index (χ0) is 18.9. The Labute approximate surface area is 152 Å². The van der Waals surface area contributed by atoms with Crippen LogP contribution in [0.3, 0.4) is 0 Å². The summed E-state index contributed by atoms with van der Waals surface area (Å²) in [7, 11) is 3.01. The summed E-state index contributed by atoms with van der Waals surface area (Å²) >= 11 is 0. The summed E-state index contributed by atoms with van der Waals surface area (Å²) in [5, 5.41) is 28.0. The van der Waals surface area contributed by atoms with Crippen molar-refractivity contribution in [1.29, 1.82) is 0 Å². The summed E-state index contributed by atoms with van der Waals surface area (Å²) in [4.78, 5) is 0. The first-order valence-electron chi connectivity index (χ1n) is 8.27. The Balaban J connectivity index is 2.31. The molecule has 6 nitrogen and oxygen atoms in total. The van der Waals surface area contributed by atoms with E-state index in [1.807, 2.05) is 12.1 Å². The molecule has 0 bridgehead atoms. The highest BCUT2D eigenvalue weighted by Crippen LogP contribution is 2.34. The summed E-state index contributed by atoms with van der Waals surface area (Å²) in [6.07, 6.45) is 2.93. The Bertz CT molecular complexity index is 754. The first-order chi connectivity index (χ1) is 12.6. The van der Waals surface area contributed by atoms with Gasteiger partial charge in [-0.1, -0.05) is 6.07 Å². The summed E-state index contributed by atoms with van der Waals surface area (Å²) in [6.45, 7) is -0.0813. The molecule has 26 heavy (non-hydrogen) atoms. The zero-order valence-electron chi connectivity index (χ0n) is 14.9. The molecule has 0 radical (unpaired) electrons. The second kappa shape index (κ2) is 9.70. The predicted molar refractivity (Wildman–Crippen MR) is 98.8 cm³/mol. The number of aliphatic hydroxyl groups is 2. The van der Waals surface area contributed by atoms with E-state index in [4.69, 9.17) is 19.3 Å². The minimum absolute atomic E-state index is 0.0189. The largest absolute Gasteiger partial charge is 0.504 e. The minimum atomic E-state index is -0.213. The van der Waals surface area contributed by atoms with Gasteiger partial charge in [0.1, 0.15) is 5.76 Å². The number of ether oxygens (including phenoxy) is 3. The summed E-state index contributed by atoms with van der Waals surface area (Å²) in [6, 6.07) is 10.3. The third kappa shape index (κ3) is 4.91. The van der Waals surface area contributed by atoms with Crippen LogP contribution in [0.1, 0.15) is 17.5 Å². The van der Waals surface area contributed by atoms with Gasteiger partial charge in [0.15, 0.2) is 23.0 Å². The molecule has 0 aliphatic carbocycles. The first kappa shape index (κ1) is 19.6. The average molecular weight is 360 g/mol. The Morgan fingerprint density at radius 2 is 1.73 bits per heavy atom. The van der Waals surface area contributed by atoms with Crippen LogP contribution in [-0.4, -0.2) is 42.8 Å². The van der Waals surface area contributed by atoms with Crippen molar-refractivity contribution in [2.24, 2.45) is 0 Å². The monoisotopic (exact) mass is 360 g/mol. The van der Waals surface area contributed by atoms with Crippen molar-refractivity contribution in [1.82, 2.24) is 0 Å². The molecule has 2 aromatic carbocycles. The molecule has 0 spiro atoms. The molecule has 6 heteroatoms. The fourth-order valence-corrected chi connectivity index (χ4v) is 2.49. The quantitative estimate of drug-likeness (QED) is 0.596. The van der Waals surface area contributed by atoms with Crippen LogP contribution in [0.15, 0.2) is 42.5 Å². The van der Waals surface area contributed by atoms with Crippen LogP contribution in [0.2, 0.25) is 0 Å². The maximum Gasteiger partial charge on any atom is 0.169 e. The van der Waals surface area contributed by atoms with Crippen LogP contribution in [0.4, 0.5) is 0 Å². The van der Waals surface area contributed by atoms with Gasteiger partial charge in [-0.3, -0.25) is 0 Å². The lowest BCUT2D eigenvalue weighted by atomic mass is 10.1. The van der Waals surface area contributed by atoms with Gasteiger partial charge in [-0.15, -0.1) is 0 Å². The first-order valence-corrected chi connectivity index (χ1v) is 8.27. The Morgan fingerprint density at radius 1 is 0.962 bits per heavy atom. The molecular weight excluding hydrogens is 336 g/mol. The van der Waals surface area contributed by atoms with E-state index < -0.39 is 0 Å². The van der Waals surface area contributed by atoms with Gasteiger partial charge in [0.2, 0.25) is 0 Å². The summed E-state index contributed by atoms with van der Waals surface area (Å²) in [5.74, 6) is 1.78. The molecule has 0 aromatic heterocycles. The highest BCUT2D eigenvalue weighted by Gasteiger charge is 2.12. The smallest absolute Gasteiger partial charge is 0.169 e. The number of phenolic OH excluding ortho intramolecular Hbond substituents is 1. The van der Waals surface area contributed by atoms with Crippen molar-refractivity contribution in [2.45, 2.75) is 12.8 Å². The van der Waals surface area contributed by atoms with Crippen LogP contribution in [0.25, 0.3) is 5.76 Å². The van der Waals surface area contributed by atoms with Crippen LogP contribution in [-0.2, 0) is 6.42 Å². The number of benzene rings is 2. The van der Waals surface area contributed by atoms with Crippen molar-refractivity contribution >= 4 is 5.76 Å². The van der Waals surface area contributed by atoms with Gasteiger partial charge in [-0.2, -0.15) is 0 Å². The van der Waals surface area contributed by atoms with E-state index in [1.54, 1.807) is 25.3 Å². The van der Waals surface area contributed by atoms with Crippen molar-refractivity contribution in [3.8, 4) is 23.0 Å². The highest BCUT2D eigenvalue weighted by atomic mass is 16.5. The molecule has 0 saturated heterocycles.